The first-order valence-electron chi connectivity index (χ1n) is 8.35. The summed E-state index contributed by atoms with van der Waals surface area (Å²) < 4.78 is 6.20. The summed E-state index contributed by atoms with van der Waals surface area (Å²) in [6.07, 6.45) is 0.171. The smallest absolute Gasteiger partial charge is 0.223 e. The Morgan fingerprint density at radius 3 is 2.44 bits per heavy atom. The van der Waals surface area contributed by atoms with Gasteiger partial charge in [0.15, 0.2) is 5.78 Å². The van der Waals surface area contributed by atoms with Crippen LogP contribution in [0.4, 0.5) is 0 Å². The van der Waals surface area contributed by atoms with Crippen LogP contribution in [0.3, 0.4) is 0 Å². The number of hydrogen-bond donors (Lipinski definition) is 0. The third-order valence-electron chi connectivity index (χ3n) is 4.37. The lowest BCUT2D eigenvalue weighted by atomic mass is 9.87. The number of carbonyl (C=O) groups excluding carboxylic acids is 2. The maximum atomic E-state index is 13.1. The average molecular weight is 402 g/mol. The Morgan fingerprint density at radius 1 is 1.04 bits per heavy atom. The summed E-state index contributed by atoms with van der Waals surface area (Å²) in [5.74, 6) is -0.520. The van der Waals surface area contributed by atoms with Crippen LogP contribution in [0.25, 0.3) is 0 Å². The summed E-state index contributed by atoms with van der Waals surface area (Å²) in [6, 6.07) is 16.8. The third-order valence-corrected chi connectivity index (χ3v) is 4.86. The normalized spacial score (nSPS) is 15.6. The van der Waals surface area contributed by atoms with Crippen LogP contribution < -0.4 is 0 Å². The molecule has 130 valence electrons. The van der Waals surface area contributed by atoms with Gasteiger partial charge in [0, 0.05) is 29.5 Å². The first-order valence-corrected chi connectivity index (χ1v) is 9.14. The molecule has 0 spiro atoms. The van der Waals surface area contributed by atoms with Crippen molar-refractivity contribution in [3.8, 4) is 0 Å². The van der Waals surface area contributed by atoms with Gasteiger partial charge in [-0.05, 0) is 17.7 Å². The van der Waals surface area contributed by atoms with Gasteiger partial charge < -0.3 is 9.64 Å². The van der Waals surface area contributed by atoms with E-state index >= 15 is 0 Å². The molecule has 1 heterocycles. The first kappa shape index (κ1) is 17.8. The van der Waals surface area contributed by atoms with Crippen molar-refractivity contribution in [1.82, 2.24) is 4.90 Å². The SMILES string of the molecule is O=C(c1ccccc1)C(CC(=O)N1CCOCC1)c1cccc(Br)c1. The molecule has 1 amide bonds. The molecule has 4 nitrogen and oxygen atoms in total. The number of carbonyl (C=O) groups is 2. The van der Waals surface area contributed by atoms with E-state index < -0.39 is 5.92 Å². The molecule has 0 aromatic heterocycles. The van der Waals surface area contributed by atoms with Crippen molar-refractivity contribution in [3.05, 3.63) is 70.2 Å². The van der Waals surface area contributed by atoms with Gasteiger partial charge >= 0.3 is 0 Å². The van der Waals surface area contributed by atoms with E-state index in [9.17, 15) is 9.59 Å². The van der Waals surface area contributed by atoms with Crippen molar-refractivity contribution >= 4 is 27.6 Å². The lowest BCUT2D eigenvalue weighted by Crippen LogP contribution is -2.41. The number of ketones is 1. The highest BCUT2D eigenvalue weighted by Gasteiger charge is 2.28. The van der Waals surface area contributed by atoms with E-state index in [1.54, 1.807) is 17.0 Å². The molecule has 1 aliphatic heterocycles. The Hall–Kier alpha value is -1.98. The molecule has 0 aliphatic carbocycles. The number of ether oxygens (including phenoxy) is 1. The molecule has 3 rings (SSSR count). The summed E-state index contributed by atoms with van der Waals surface area (Å²) in [5.41, 5.74) is 1.48. The Morgan fingerprint density at radius 2 is 1.76 bits per heavy atom. The molecular formula is C20H20BrNO3. The second-order valence-electron chi connectivity index (χ2n) is 6.04. The van der Waals surface area contributed by atoms with E-state index in [4.69, 9.17) is 4.74 Å². The summed E-state index contributed by atoms with van der Waals surface area (Å²) in [7, 11) is 0. The Kier molecular flexibility index (Phi) is 6.00. The lowest BCUT2D eigenvalue weighted by Gasteiger charge is -2.28. The number of nitrogens with zero attached hydrogens (tertiary/aromatic N) is 1. The average Bonchev–Trinajstić information content (AvgIpc) is 2.67. The minimum Gasteiger partial charge on any atom is -0.378 e. The number of benzene rings is 2. The maximum absolute atomic E-state index is 13.1. The van der Waals surface area contributed by atoms with Crippen LogP contribution in [0.15, 0.2) is 59.1 Å². The zero-order valence-corrected chi connectivity index (χ0v) is 15.4. The molecule has 1 unspecified atom stereocenters. The fourth-order valence-corrected chi connectivity index (χ4v) is 3.42. The maximum Gasteiger partial charge on any atom is 0.223 e. The zero-order valence-electron chi connectivity index (χ0n) is 13.9. The monoisotopic (exact) mass is 401 g/mol. The molecule has 0 saturated carbocycles. The number of morpholine rings is 1. The van der Waals surface area contributed by atoms with Crippen molar-refractivity contribution in [2.45, 2.75) is 12.3 Å². The second kappa shape index (κ2) is 8.41. The molecule has 0 N–H and O–H groups in total. The minimum absolute atomic E-state index is 0.00226. The van der Waals surface area contributed by atoms with Gasteiger partial charge in [0.2, 0.25) is 5.91 Å². The number of Topliss-reactive ketones (excluding diaryl/α,β-unsaturated/α-hetero) is 1. The minimum atomic E-state index is -0.491. The predicted molar refractivity (Wildman–Crippen MR) is 99.7 cm³/mol. The number of hydrogen-bond acceptors (Lipinski definition) is 3. The van der Waals surface area contributed by atoms with Crippen LogP contribution in [0, 0.1) is 0 Å². The number of rotatable bonds is 5. The van der Waals surface area contributed by atoms with Gasteiger partial charge in [0.25, 0.3) is 0 Å². The Balaban J connectivity index is 1.86. The van der Waals surface area contributed by atoms with E-state index in [2.05, 4.69) is 15.9 Å². The van der Waals surface area contributed by atoms with Crippen molar-refractivity contribution in [2.75, 3.05) is 26.3 Å². The molecule has 1 aliphatic rings. The van der Waals surface area contributed by atoms with Crippen LogP contribution in [0.1, 0.15) is 28.3 Å². The topological polar surface area (TPSA) is 46.6 Å². The molecule has 1 atom stereocenters. The summed E-state index contributed by atoms with van der Waals surface area (Å²) >= 11 is 3.46. The van der Waals surface area contributed by atoms with Crippen molar-refractivity contribution in [2.24, 2.45) is 0 Å². The molecule has 1 fully saturated rings. The van der Waals surface area contributed by atoms with Gasteiger partial charge in [-0.2, -0.15) is 0 Å². The summed E-state index contributed by atoms with van der Waals surface area (Å²) in [4.78, 5) is 27.6. The van der Waals surface area contributed by atoms with Crippen LogP contribution in [0.2, 0.25) is 0 Å². The molecule has 0 bridgehead atoms. The third kappa shape index (κ3) is 4.55. The number of amides is 1. The predicted octanol–water partition coefficient (Wildman–Crippen LogP) is 3.66. The fourth-order valence-electron chi connectivity index (χ4n) is 3.01. The van der Waals surface area contributed by atoms with E-state index in [0.717, 1.165) is 10.0 Å². The molecule has 0 radical (unpaired) electrons. The zero-order chi connectivity index (χ0) is 17.6. The fraction of sp³-hybridized carbons (Fsp3) is 0.300. The van der Waals surface area contributed by atoms with Gasteiger partial charge in [-0.15, -0.1) is 0 Å². The number of halogens is 1. The molecule has 2 aromatic carbocycles. The standard InChI is InChI=1S/C20H20BrNO3/c21-17-8-4-7-16(13-17)18(20(24)15-5-2-1-3-6-15)14-19(23)22-9-11-25-12-10-22/h1-8,13,18H,9-12,14H2. The molecule has 1 saturated heterocycles. The van der Waals surface area contributed by atoms with Crippen molar-refractivity contribution in [3.63, 3.8) is 0 Å². The summed E-state index contributed by atoms with van der Waals surface area (Å²) in [6.45, 7) is 2.28. The molecule has 2 aromatic rings. The molecule has 5 heteroatoms. The quantitative estimate of drug-likeness (QED) is 0.718. The van der Waals surface area contributed by atoms with Crippen LogP contribution in [-0.4, -0.2) is 42.9 Å². The van der Waals surface area contributed by atoms with E-state index in [-0.39, 0.29) is 18.1 Å². The highest BCUT2D eigenvalue weighted by molar-refractivity contribution is 9.10. The first-order chi connectivity index (χ1) is 12.1. The Bertz CT molecular complexity index is 742. The van der Waals surface area contributed by atoms with Crippen molar-refractivity contribution in [1.29, 1.82) is 0 Å². The Labute approximate surface area is 155 Å². The van der Waals surface area contributed by atoms with E-state index in [0.29, 0.717) is 31.9 Å². The van der Waals surface area contributed by atoms with Crippen molar-refractivity contribution < 1.29 is 14.3 Å². The second-order valence-corrected chi connectivity index (χ2v) is 6.95. The van der Waals surface area contributed by atoms with Gasteiger partial charge in [-0.3, -0.25) is 9.59 Å². The largest absolute Gasteiger partial charge is 0.378 e. The lowest BCUT2D eigenvalue weighted by molar-refractivity contribution is -0.135. The highest BCUT2D eigenvalue weighted by atomic mass is 79.9. The van der Waals surface area contributed by atoms with Gasteiger partial charge in [-0.1, -0.05) is 58.4 Å². The summed E-state index contributed by atoms with van der Waals surface area (Å²) in [5, 5.41) is 0. The van der Waals surface area contributed by atoms with Gasteiger partial charge in [0.05, 0.1) is 19.1 Å². The van der Waals surface area contributed by atoms with Gasteiger partial charge in [-0.25, -0.2) is 0 Å². The van der Waals surface area contributed by atoms with Crippen LogP contribution in [0.5, 0.6) is 0 Å². The van der Waals surface area contributed by atoms with Gasteiger partial charge in [0.1, 0.15) is 0 Å². The van der Waals surface area contributed by atoms with E-state index in [1.165, 1.54) is 0 Å². The molecule has 25 heavy (non-hydrogen) atoms. The van der Waals surface area contributed by atoms with Crippen LogP contribution in [-0.2, 0) is 9.53 Å². The highest BCUT2D eigenvalue weighted by Crippen LogP contribution is 2.27. The van der Waals surface area contributed by atoms with Crippen LogP contribution >= 0.6 is 15.9 Å². The van der Waals surface area contributed by atoms with E-state index in [1.807, 2.05) is 42.5 Å². The molecular weight excluding hydrogens is 382 g/mol.